The second-order valence-electron chi connectivity index (χ2n) is 7.00. The fourth-order valence-electron chi connectivity index (χ4n) is 3.41. The molecule has 0 unspecified atom stereocenters. The SMILES string of the molecule is C=CCCCCOc1ccc(C(=O)n2c(C)cc3c(CC(=O)O)cccc32)cc1. The van der Waals surface area contributed by atoms with Crippen molar-refractivity contribution >= 4 is 22.8 Å². The maximum absolute atomic E-state index is 13.1. The molecule has 1 heterocycles. The molecule has 1 aromatic heterocycles. The van der Waals surface area contributed by atoms with Crippen LogP contribution >= 0.6 is 0 Å². The van der Waals surface area contributed by atoms with Crippen LogP contribution in [0.1, 0.15) is 40.9 Å². The molecule has 0 aliphatic heterocycles. The van der Waals surface area contributed by atoms with E-state index in [4.69, 9.17) is 9.84 Å². The number of allylic oxidation sites excluding steroid dienone is 1. The molecule has 0 spiro atoms. The van der Waals surface area contributed by atoms with E-state index >= 15 is 0 Å². The number of carboxylic acid groups (broad SMARTS) is 1. The molecule has 0 saturated heterocycles. The minimum absolute atomic E-state index is 0.0756. The number of ether oxygens (including phenoxy) is 1. The first kappa shape index (κ1) is 20.4. The van der Waals surface area contributed by atoms with E-state index in [0.717, 1.165) is 36.1 Å². The molecule has 150 valence electrons. The van der Waals surface area contributed by atoms with Gasteiger partial charge in [0.1, 0.15) is 5.75 Å². The average molecular weight is 391 g/mol. The third kappa shape index (κ3) is 4.74. The van der Waals surface area contributed by atoms with Gasteiger partial charge in [-0.05, 0) is 68.1 Å². The largest absolute Gasteiger partial charge is 0.494 e. The average Bonchev–Trinajstić information content (AvgIpc) is 3.04. The molecule has 0 saturated carbocycles. The zero-order chi connectivity index (χ0) is 20.8. The van der Waals surface area contributed by atoms with Crippen LogP contribution in [0.3, 0.4) is 0 Å². The lowest BCUT2D eigenvalue weighted by Crippen LogP contribution is -2.13. The number of unbranched alkanes of at least 4 members (excludes halogenated alkanes) is 2. The molecule has 29 heavy (non-hydrogen) atoms. The Labute approximate surface area is 170 Å². The Bertz CT molecular complexity index is 1030. The van der Waals surface area contributed by atoms with Crippen molar-refractivity contribution in [3.8, 4) is 5.75 Å². The number of fused-ring (bicyclic) bond motifs is 1. The van der Waals surface area contributed by atoms with E-state index in [1.807, 2.05) is 25.1 Å². The lowest BCUT2D eigenvalue weighted by atomic mass is 10.1. The highest BCUT2D eigenvalue weighted by molar-refractivity contribution is 6.04. The first-order valence-corrected chi connectivity index (χ1v) is 9.71. The Morgan fingerprint density at radius 2 is 1.90 bits per heavy atom. The van der Waals surface area contributed by atoms with Gasteiger partial charge in [0.15, 0.2) is 0 Å². The number of carbonyl (C=O) groups excluding carboxylic acids is 1. The van der Waals surface area contributed by atoms with Crippen molar-refractivity contribution in [2.75, 3.05) is 6.61 Å². The van der Waals surface area contributed by atoms with Gasteiger partial charge < -0.3 is 9.84 Å². The summed E-state index contributed by atoms with van der Waals surface area (Å²) in [6.45, 7) is 6.19. The molecule has 5 nitrogen and oxygen atoms in total. The molecule has 0 amide bonds. The number of aryl methyl sites for hydroxylation is 1. The van der Waals surface area contributed by atoms with Crippen LogP contribution in [-0.2, 0) is 11.2 Å². The molecule has 3 rings (SSSR count). The van der Waals surface area contributed by atoms with Crippen molar-refractivity contribution in [2.24, 2.45) is 0 Å². The Balaban J connectivity index is 1.80. The van der Waals surface area contributed by atoms with Crippen LogP contribution in [0.2, 0.25) is 0 Å². The lowest BCUT2D eigenvalue weighted by Gasteiger charge is -2.09. The molecular formula is C24H25NO4. The van der Waals surface area contributed by atoms with Gasteiger partial charge in [-0.25, -0.2) is 0 Å². The topological polar surface area (TPSA) is 68.5 Å². The van der Waals surface area contributed by atoms with Gasteiger partial charge in [-0.3, -0.25) is 14.2 Å². The molecule has 0 fully saturated rings. The first-order valence-electron chi connectivity index (χ1n) is 9.71. The summed E-state index contributed by atoms with van der Waals surface area (Å²) in [4.78, 5) is 24.2. The minimum atomic E-state index is -0.894. The van der Waals surface area contributed by atoms with Crippen molar-refractivity contribution in [3.05, 3.63) is 78.0 Å². The molecule has 2 aromatic carbocycles. The van der Waals surface area contributed by atoms with Crippen molar-refractivity contribution in [1.82, 2.24) is 4.57 Å². The van der Waals surface area contributed by atoms with E-state index in [1.54, 1.807) is 41.0 Å². The van der Waals surface area contributed by atoms with Gasteiger partial charge in [0, 0.05) is 16.6 Å². The van der Waals surface area contributed by atoms with E-state index in [0.29, 0.717) is 23.3 Å². The number of hydrogen-bond donors (Lipinski definition) is 1. The molecule has 1 N–H and O–H groups in total. The van der Waals surface area contributed by atoms with Gasteiger partial charge >= 0.3 is 5.97 Å². The minimum Gasteiger partial charge on any atom is -0.494 e. The smallest absolute Gasteiger partial charge is 0.307 e. The first-order chi connectivity index (χ1) is 14.0. The normalized spacial score (nSPS) is 10.8. The highest BCUT2D eigenvalue weighted by atomic mass is 16.5. The molecule has 3 aromatic rings. The predicted molar refractivity (Wildman–Crippen MR) is 114 cm³/mol. The van der Waals surface area contributed by atoms with E-state index < -0.39 is 5.97 Å². The van der Waals surface area contributed by atoms with Crippen LogP contribution in [0.5, 0.6) is 5.75 Å². The second kappa shape index (κ2) is 9.24. The van der Waals surface area contributed by atoms with Crippen LogP contribution in [0, 0.1) is 6.92 Å². The van der Waals surface area contributed by atoms with E-state index in [-0.39, 0.29) is 12.3 Å². The lowest BCUT2D eigenvalue weighted by molar-refractivity contribution is -0.136. The number of rotatable bonds is 9. The quantitative estimate of drug-likeness (QED) is 0.412. The number of hydrogen-bond acceptors (Lipinski definition) is 3. The van der Waals surface area contributed by atoms with E-state index in [2.05, 4.69) is 6.58 Å². The summed E-state index contributed by atoms with van der Waals surface area (Å²) < 4.78 is 7.35. The number of benzene rings is 2. The highest BCUT2D eigenvalue weighted by Crippen LogP contribution is 2.25. The monoisotopic (exact) mass is 391 g/mol. The third-order valence-electron chi connectivity index (χ3n) is 4.84. The predicted octanol–water partition coefficient (Wildman–Crippen LogP) is 5.00. The van der Waals surface area contributed by atoms with Gasteiger partial charge in [-0.2, -0.15) is 0 Å². The number of carbonyl (C=O) groups is 2. The number of aromatic nitrogens is 1. The van der Waals surface area contributed by atoms with Gasteiger partial charge in [0.05, 0.1) is 18.5 Å². The Morgan fingerprint density at radius 3 is 2.59 bits per heavy atom. The van der Waals surface area contributed by atoms with Crippen LogP contribution < -0.4 is 4.74 Å². The summed E-state index contributed by atoms with van der Waals surface area (Å²) in [5, 5.41) is 9.92. The Morgan fingerprint density at radius 1 is 1.14 bits per heavy atom. The van der Waals surface area contributed by atoms with Crippen molar-refractivity contribution in [1.29, 1.82) is 0 Å². The summed E-state index contributed by atoms with van der Waals surface area (Å²) in [6.07, 6.45) is 4.81. The maximum Gasteiger partial charge on any atom is 0.307 e. The maximum atomic E-state index is 13.1. The molecule has 5 heteroatoms. The fraction of sp³-hybridized carbons (Fsp3) is 0.250. The Hall–Kier alpha value is -3.34. The summed E-state index contributed by atoms with van der Waals surface area (Å²) in [7, 11) is 0. The molecule has 0 bridgehead atoms. The van der Waals surface area contributed by atoms with Crippen LogP contribution in [0.4, 0.5) is 0 Å². The van der Waals surface area contributed by atoms with E-state index in [1.165, 1.54) is 0 Å². The van der Waals surface area contributed by atoms with Crippen LogP contribution in [-0.4, -0.2) is 28.2 Å². The van der Waals surface area contributed by atoms with Gasteiger partial charge in [-0.1, -0.05) is 18.2 Å². The van der Waals surface area contributed by atoms with Gasteiger partial charge in [0.25, 0.3) is 5.91 Å². The van der Waals surface area contributed by atoms with Gasteiger partial charge in [-0.15, -0.1) is 6.58 Å². The summed E-state index contributed by atoms with van der Waals surface area (Å²) >= 11 is 0. The van der Waals surface area contributed by atoms with E-state index in [9.17, 15) is 9.59 Å². The number of aliphatic carboxylic acids is 1. The molecule has 0 aliphatic carbocycles. The molecular weight excluding hydrogens is 366 g/mol. The van der Waals surface area contributed by atoms with Gasteiger partial charge in [0.2, 0.25) is 0 Å². The second-order valence-corrected chi connectivity index (χ2v) is 7.00. The summed E-state index contributed by atoms with van der Waals surface area (Å²) in [5.41, 5.74) is 2.73. The third-order valence-corrected chi connectivity index (χ3v) is 4.84. The molecule has 0 radical (unpaired) electrons. The molecule has 0 atom stereocenters. The number of carboxylic acids is 1. The van der Waals surface area contributed by atoms with Crippen molar-refractivity contribution in [2.45, 2.75) is 32.6 Å². The number of nitrogens with zero attached hydrogens (tertiary/aromatic N) is 1. The fourth-order valence-corrected chi connectivity index (χ4v) is 3.41. The highest BCUT2D eigenvalue weighted by Gasteiger charge is 2.17. The zero-order valence-corrected chi connectivity index (χ0v) is 16.6. The van der Waals surface area contributed by atoms with Crippen molar-refractivity contribution < 1.29 is 19.4 Å². The van der Waals surface area contributed by atoms with Crippen LogP contribution in [0.15, 0.2) is 61.2 Å². The molecule has 0 aliphatic rings. The summed E-state index contributed by atoms with van der Waals surface area (Å²) in [5.74, 6) is -0.310. The van der Waals surface area contributed by atoms with Crippen molar-refractivity contribution in [3.63, 3.8) is 0 Å². The van der Waals surface area contributed by atoms with Crippen LogP contribution in [0.25, 0.3) is 10.9 Å². The zero-order valence-electron chi connectivity index (χ0n) is 16.6. The standard InChI is InChI=1S/C24H25NO4/c1-3-4-5-6-14-29-20-12-10-18(11-13-20)24(28)25-17(2)15-21-19(16-23(26)27)8-7-9-22(21)25/h3,7-13,15H,1,4-6,14,16H2,2H3,(H,26,27). The summed E-state index contributed by atoms with van der Waals surface area (Å²) in [6, 6.07) is 14.4. The Kier molecular flexibility index (Phi) is 6.50.